The van der Waals surface area contributed by atoms with Crippen LogP contribution in [0.4, 0.5) is 0 Å². The van der Waals surface area contributed by atoms with E-state index in [4.69, 9.17) is 11.1 Å². The highest BCUT2D eigenvalue weighted by molar-refractivity contribution is 6.83. The minimum absolute atomic E-state index is 0.461. The van der Waals surface area contributed by atoms with Crippen LogP contribution in [0.3, 0.4) is 0 Å². The Kier molecular flexibility index (Phi) is 3.37. The Morgan fingerprint density at radius 3 is 2.44 bits per heavy atom. The number of aromatic nitrogens is 1. The molecule has 0 amide bonds. The Morgan fingerprint density at radius 2 is 1.94 bits per heavy atom. The number of nitrogen functional groups attached to an aromatic ring is 1. The molecule has 1 aromatic rings. The third-order valence-corrected chi connectivity index (χ3v) is 2.91. The fourth-order valence-corrected chi connectivity index (χ4v) is 1.67. The first-order valence-corrected chi connectivity index (χ1v) is 8.59. The maximum atomic E-state index is 8.96. The molecule has 2 N–H and O–H groups in total. The third kappa shape index (κ3) is 2.85. The van der Waals surface area contributed by atoms with Gasteiger partial charge in [0.2, 0.25) is 0 Å². The molecule has 3 nitrogen and oxygen atoms in total. The molecule has 0 aromatic carbocycles. The van der Waals surface area contributed by atoms with E-state index in [1.165, 1.54) is 4.68 Å². The Hall–Kier alpha value is -1.78. The monoisotopic (exact) mass is 230 g/mol. The van der Waals surface area contributed by atoms with Crippen molar-refractivity contribution < 1.29 is 4.68 Å². The molecule has 4 heteroatoms. The maximum Gasteiger partial charge on any atom is 0.315 e. The van der Waals surface area contributed by atoms with Crippen molar-refractivity contribution in [2.45, 2.75) is 26.6 Å². The maximum absolute atomic E-state index is 8.96. The molecule has 0 saturated carbocycles. The fraction of sp³-hybridized carbons (Fsp3) is 0.333. The zero-order valence-electron chi connectivity index (χ0n) is 10.1. The van der Waals surface area contributed by atoms with Gasteiger partial charge in [0.1, 0.15) is 8.07 Å². The SMILES string of the molecule is Cc1ccc(C#C[Si](C)(C)C)[n+](N)c1C#N. The van der Waals surface area contributed by atoms with E-state index in [2.05, 4.69) is 37.2 Å². The lowest BCUT2D eigenvalue weighted by atomic mass is 10.2. The molecule has 1 aromatic heterocycles. The number of nitrogens with two attached hydrogens (primary N) is 1. The van der Waals surface area contributed by atoms with Gasteiger partial charge in [-0.3, -0.25) is 0 Å². The predicted octanol–water partition coefficient (Wildman–Crippen LogP) is 1.10. The molecule has 0 aliphatic carbocycles. The van der Waals surface area contributed by atoms with E-state index in [1.54, 1.807) is 0 Å². The summed E-state index contributed by atoms with van der Waals surface area (Å²) in [5, 5.41) is 8.96. The Morgan fingerprint density at radius 1 is 1.31 bits per heavy atom. The molecule has 0 aliphatic rings. The van der Waals surface area contributed by atoms with Gasteiger partial charge in [0.05, 0.1) is 0 Å². The van der Waals surface area contributed by atoms with Crippen molar-refractivity contribution in [1.29, 1.82) is 5.26 Å². The molecule has 0 fully saturated rings. The van der Waals surface area contributed by atoms with Crippen molar-refractivity contribution in [3.63, 3.8) is 0 Å². The van der Waals surface area contributed by atoms with Crippen LogP contribution in [0.15, 0.2) is 12.1 Å². The molecule has 0 saturated heterocycles. The van der Waals surface area contributed by atoms with Gasteiger partial charge in [-0.25, -0.2) is 5.84 Å². The second-order valence-corrected chi connectivity index (χ2v) is 9.48. The smallest absolute Gasteiger partial charge is 0.203 e. The van der Waals surface area contributed by atoms with Crippen molar-refractivity contribution in [1.82, 2.24) is 0 Å². The number of nitrogens with zero attached hydrogens (tertiary/aromatic N) is 2. The molecular formula is C12H16N3Si+. The van der Waals surface area contributed by atoms with Crippen LogP contribution in [0, 0.1) is 29.7 Å². The normalized spacial score (nSPS) is 10.2. The summed E-state index contributed by atoms with van der Waals surface area (Å²) in [5.41, 5.74) is 5.24. The van der Waals surface area contributed by atoms with Crippen LogP contribution >= 0.6 is 0 Å². The third-order valence-electron chi connectivity index (χ3n) is 2.04. The number of hydrogen-bond donors (Lipinski definition) is 1. The molecule has 82 valence electrons. The van der Waals surface area contributed by atoms with Crippen LogP contribution in [0.5, 0.6) is 0 Å². The van der Waals surface area contributed by atoms with E-state index in [0.29, 0.717) is 11.4 Å². The van der Waals surface area contributed by atoms with E-state index < -0.39 is 8.07 Å². The van der Waals surface area contributed by atoms with Crippen molar-refractivity contribution in [3.05, 3.63) is 29.1 Å². The van der Waals surface area contributed by atoms with Crippen LogP contribution in [0.1, 0.15) is 17.0 Å². The average molecular weight is 230 g/mol. The van der Waals surface area contributed by atoms with E-state index in [9.17, 15) is 0 Å². The number of hydrogen-bond acceptors (Lipinski definition) is 2. The second kappa shape index (κ2) is 4.38. The lowest BCUT2D eigenvalue weighted by molar-refractivity contribution is -0.644. The molecular weight excluding hydrogens is 214 g/mol. The highest BCUT2D eigenvalue weighted by atomic mass is 28.3. The van der Waals surface area contributed by atoms with Crippen LogP contribution in [-0.4, -0.2) is 8.07 Å². The van der Waals surface area contributed by atoms with Gasteiger partial charge >= 0.3 is 5.69 Å². The molecule has 0 radical (unpaired) electrons. The van der Waals surface area contributed by atoms with E-state index >= 15 is 0 Å². The number of aryl methyl sites for hydroxylation is 1. The minimum atomic E-state index is -1.42. The first-order valence-electron chi connectivity index (χ1n) is 5.09. The number of pyridine rings is 1. The van der Waals surface area contributed by atoms with Gasteiger partial charge in [-0.15, -0.1) is 5.54 Å². The summed E-state index contributed by atoms with van der Waals surface area (Å²) >= 11 is 0. The van der Waals surface area contributed by atoms with Gasteiger partial charge < -0.3 is 0 Å². The van der Waals surface area contributed by atoms with Crippen molar-refractivity contribution in [2.24, 2.45) is 0 Å². The molecule has 0 unspecified atom stereocenters. The van der Waals surface area contributed by atoms with Gasteiger partial charge in [0.15, 0.2) is 6.07 Å². The number of rotatable bonds is 0. The van der Waals surface area contributed by atoms with Gasteiger partial charge in [0.25, 0.3) is 5.69 Å². The van der Waals surface area contributed by atoms with Gasteiger partial charge in [-0.1, -0.05) is 24.3 Å². The van der Waals surface area contributed by atoms with E-state index in [0.717, 1.165) is 5.56 Å². The van der Waals surface area contributed by atoms with Crippen molar-refractivity contribution >= 4 is 8.07 Å². The summed E-state index contributed by atoms with van der Waals surface area (Å²) in [6, 6.07) is 5.80. The molecule has 0 atom stereocenters. The quantitative estimate of drug-likeness (QED) is 0.314. The predicted molar refractivity (Wildman–Crippen MR) is 66.5 cm³/mol. The number of nitriles is 1. The minimum Gasteiger partial charge on any atom is -0.203 e. The van der Waals surface area contributed by atoms with Gasteiger partial charge in [-0.2, -0.15) is 5.26 Å². The summed E-state index contributed by atoms with van der Waals surface area (Å²) < 4.78 is 1.36. The van der Waals surface area contributed by atoms with Crippen LogP contribution in [-0.2, 0) is 0 Å². The Labute approximate surface area is 97.5 Å². The van der Waals surface area contributed by atoms with Crippen molar-refractivity contribution in [3.8, 4) is 17.5 Å². The molecule has 0 aliphatic heterocycles. The van der Waals surface area contributed by atoms with Gasteiger partial charge in [0, 0.05) is 11.6 Å². The second-order valence-electron chi connectivity index (χ2n) is 4.73. The molecule has 0 spiro atoms. The molecule has 1 heterocycles. The topological polar surface area (TPSA) is 53.7 Å². The summed E-state index contributed by atoms with van der Waals surface area (Å²) in [5.74, 6) is 8.88. The summed E-state index contributed by atoms with van der Waals surface area (Å²) in [4.78, 5) is 0. The summed E-state index contributed by atoms with van der Waals surface area (Å²) in [6.07, 6.45) is 0. The standard InChI is InChI=1S/C12H16N3Si/c1-10-5-6-11(7-8-16(2,3)4)15(14)12(10)9-13/h5-6H,14H2,1-4H3/q+1. The summed E-state index contributed by atoms with van der Waals surface area (Å²) in [7, 11) is -1.42. The lowest BCUT2D eigenvalue weighted by Gasteiger charge is -2.03. The van der Waals surface area contributed by atoms with E-state index in [-0.39, 0.29) is 0 Å². The summed E-state index contributed by atoms with van der Waals surface area (Å²) in [6.45, 7) is 8.36. The zero-order chi connectivity index (χ0) is 12.3. The Balaban J connectivity index is 3.28. The molecule has 16 heavy (non-hydrogen) atoms. The highest BCUT2D eigenvalue weighted by Gasteiger charge is 2.16. The Bertz CT molecular complexity index is 510. The highest BCUT2D eigenvalue weighted by Crippen LogP contribution is 2.02. The largest absolute Gasteiger partial charge is 0.315 e. The van der Waals surface area contributed by atoms with Crippen LogP contribution in [0.2, 0.25) is 19.6 Å². The zero-order valence-corrected chi connectivity index (χ0v) is 11.1. The molecule has 0 bridgehead atoms. The fourth-order valence-electron chi connectivity index (χ4n) is 1.17. The first kappa shape index (κ1) is 12.3. The lowest BCUT2D eigenvalue weighted by Crippen LogP contribution is -2.51. The van der Waals surface area contributed by atoms with E-state index in [1.807, 2.05) is 19.1 Å². The van der Waals surface area contributed by atoms with Crippen LogP contribution < -0.4 is 10.5 Å². The average Bonchev–Trinajstić information content (AvgIpc) is 2.16. The van der Waals surface area contributed by atoms with Crippen LogP contribution in [0.25, 0.3) is 0 Å². The molecule has 1 rings (SSSR count). The van der Waals surface area contributed by atoms with Gasteiger partial charge in [-0.05, 0) is 18.9 Å². The first-order chi connectivity index (χ1) is 7.35. The van der Waals surface area contributed by atoms with Crippen molar-refractivity contribution in [2.75, 3.05) is 5.84 Å².